The third-order valence-corrected chi connectivity index (χ3v) is 3.66. The lowest BCUT2D eigenvalue weighted by Crippen LogP contribution is -2.43. The van der Waals surface area contributed by atoms with E-state index >= 15 is 0 Å². The van der Waals surface area contributed by atoms with Gasteiger partial charge in [-0.2, -0.15) is 8.78 Å². The standard InChI is InChI=1S/C14H13F2N3O2S2/c1-8-11(6-7-21-8)12(20)18-19-14(22)17-9-2-4-10(5-3-9)23-13(15)16/h2-7,13H,1H3,(H,18,20)(H2,17,19,22). The van der Waals surface area contributed by atoms with E-state index in [-0.39, 0.29) is 11.0 Å². The smallest absolute Gasteiger partial charge is 0.288 e. The third-order valence-electron chi connectivity index (χ3n) is 2.73. The van der Waals surface area contributed by atoms with Crippen LogP contribution < -0.4 is 16.2 Å². The van der Waals surface area contributed by atoms with Gasteiger partial charge < -0.3 is 9.73 Å². The van der Waals surface area contributed by atoms with Gasteiger partial charge in [-0.1, -0.05) is 11.8 Å². The quantitative estimate of drug-likeness (QED) is 0.442. The van der Waals surface area contributed by atoms with E-state index in [1.54, 1.807) is 37.3 Å². The van der Waals surface area contributed by atoms with Crippen molar-refractivity contribution in [1.29, 1.82) is 0 Å². The zero-order valence-electron chi connectivity index (χ0n) is 11.9. The Morgan fingerprint density at radius 1 is 1.22 bits per heavy atom. The van der Waals surface area contributed by atoms with E-state index in [4.69, 9.17) is 16.6 Å². The molecule has 0 radical (unpaired) electrons. The summed E-state index contributed by atoms with van der Waals surface area (Å²) in [6.45, 7) is 1.67. The molecular weight excluding hydrogens is 344 g/mol. The van der Waals surface area contributed by atoms with Crippen LogP contribution in [-0.4, -0.2) is 16.8 Å². The number of nitrogens with one attached hydrogen (secondary N) is 3. The van der Waals surface area contributed by atoms with Crippen LogP contribution in [-0.2, 0) is 0 Å². The molecule has 2 aromatic rings. The lowest BCUT2D eigenvalue weighted by molar-refractivity contribution is 0.0942. The first-order chi connectivity index (χ1) is 11.0. The van der Waals surface area contributed by atoms with Gasteiger partial charge in [0.15, 0.2) is 5.11 Å². The summed E-state index contributed by atoms with van der Waals surface area (Å²) in [6, 6.07) is 7.87. The molecule has 1 aromatic heterocycles. The molecular formula is C14H13F2N3O2S2. The minimum atomic E-state index is -2.46. The molecule has 0 bridgehead atoms. The van der Waals surface area contributed by atoms with Gasteiger partial charge in [0.1, 0.15) is 5.76 Å². The Labute approximate surface area is 140 Å². The number of rotatable bonds is 4. The molecule has 9 heteroatoms. The minimum Gasteiger partial charge on any atom is -0.469 e. The van der Waals surface area contributed by atoms with Gasteiger partial charge in [-0.05, 0) is 49.5 Å². The number of carbonyl (C=O) groups is 1. The number of alkyl halides is 2. The highest BCUT2D eigenvalue weighted by Crippen LogP contribution is 2.26. The topological polar surface area (TPSA) is 66.3 Å². The average Bonchev–Trinajstić information content (AvgIpc) is 2.92. The molecule has 5 nitrogen and oxygen atoms in total. The van der Waals surface area contributed by atoms with Gasteiger partial charge in [0.25, 0.3) is 11.7 Å². The number of hydrogen-bond donors (Lipinski definition) is 3. The molecule has 0 fully saturated rings. The number of aryl methyl sites for hydroxylation is 1. The Morgan fingerprint density at radius 3 is 2.48 bits per heavy atom. The average molecular weight is 357 g/mol. The molecule has 122 valence electrons. The van der Waals surface area contributed by atoms with Gasteiger partial charge in [-0.3, -0.25) is 15.6 Å². The predicted molar refractivity (Wildman–Crippen MR) is 88.6 cm³/mol. The van der Waals surface area contributed by atoms with Crippen LogP contribution in [0.3, 0.4) is 0 Å². The van der Waals surface area contributed by atoms with Gasteiger partial charge in [-0.15, -0.1) is 0 Å². The van der Waals surface area contributed by atoms with Crippen LogP contribution in [0.5, 0.6) is 0 Å². The van der Waals surface area contributed by atoms with Gasteiger partial charge in [0.2, 0.25) is 0 Å². The Morgan fingerprint density at radius 2 is 1.91 bits per heavy atom. The summed E-state index contributed by atoms with van der Waals surface area (Å²) < 4.78 is 29.5. The van der Waals surface area contributed by atoms with Crippen LogP contribution >= 0.6 is 24.0 Å². The van der Waals surface area contributed by atoms with Gasteiger partial charge in [0.05, 0.1) is 11.8 Å². The van der Waals surface area contributed by atoms with Crippen LogP contribution in [0.2, 0.25) is 0 Å². The second-order valence-corrected chi connectivity index (χ2v) is 5.80. The van der Waals surface area contributed by atoms with Crippen molar-refractivity contribution >= 4 is 40.7 Å². The molecule has 0 atom stereocenters. The number of amides is 1. The van der Waals surface area contributed by atoms with E-state index in [0.717, 1.165) is 0 Å². The van der Waals surface area contributed by atoms with Crippen LogP contribution in [0, 0.1) is 6.92 Å². The van der Waals surface area contributed by atoms with E-state index in [1.807, 2.05) is 0 Å². The van der Waals surface area contributed by atoms with E-state index in [1.165, 1.54) is 6.26 Å². The third kappa shape index (κ3) is 5.22. The monoisotopic (exact) mass is 357 g/mol. The molecule has 1 aromatic carbocycles. The second kappa shape index (κ2) is 7.93. The van der Waals surface area contributed by atoms with Crippen LogP contribution in [0.1, 0.15) is 16.1 Å². The van der Waals surface area contributed by atoms with E-state index < -0.39 is 5.76 Å². The number of thioether (sulfide) groups is 1. The van der Waals surface area contributed by atoms with Crippen molar-refractivity contribution in [2.75, 3.05) is 5.32 Å². The second-order valence-electron chi connectivity index (χ2n) is 4.33. The Hall–Kier alpha value is -2.13. The fourth-order valence-electron chi connectivity index (χ4n) is 1.68. The maximum Gasteiger partial charge on any atom is 0.288 e. The molecule has 0 saturated heterocycles. The van der Waals surface area contributed by atoms with Crippen molar-refractivity contribution in [3.63, 3.8) is 0 Å². The number of carbonyl (C=O) groups excluding carboxylic acids is 1. The van der Waals surface area contributed by atoms with Crippen molar-refractivity contribution in [3.05, 3.63) is 47.9 Å². The summed E-state index contributed by atoms with van der Waals surface area (Å²) in [7, 11) is 0. The normalized spacial score (nSPS) is 10.4. The van der Waals surface area contributed by atoms with E-state index in [2.05, 4.69) is 16.2 Å². The van der Waals surface area contributed by atoms with E-state index in [9.17, 15) is 13.6 Å². The summed E-state index contributed by atoms with van der Waals surface area (Å²) in [6.07, 6.45) is 1.42. The number of halogens is 2. The maximum absolute atomic E-state index is 12.2. The molecule has 0 aliphatic heterocycles. The molecule has 0 saturated carbocycles. The Balaban J connectivity index is 1.83. The molecule has 0 spiro atoms. The summed E-state index contributed by atoms with van der Waals surface area (Å²) in [4.78, 5) is 12.3. The summed E-state index contributed by atoms with van der Waals surface area (Å²) in [5.41, 5.74) is 5.98. The molecule has 1 amide bonds. The van der Waals surface area contributed by atoms with Crippen molar-refractivity contribution in [3.8, 4) is 0 Å². The molecule has 23 heavy (non-hydrogen) atoms. The highest BCUT2D eigenvalue weighted by atomic mass is 32.2. The number of hydrazine groups is 1. The number of anilines is 1. The maximum atomic E-state index is 12.2. The predicted octanol–water partition coefficient (Wildman–Crippen LogP) is 3.53. The Kier molecular flexibility index (Phi) is 5.94. The summed E-state index contributed by atoms with van der Waals surface area (Å²) in [5.74, 6) is -2.35. The van der Waals surface area contributed by atoms with Crippen molar-refractivity contribution < 1.29 is 18.0 Å². The zero-order valence-corrected chi connectivity index (χ0v) is 13.6. The fraction of sp³-hybridized carbons (Fsp3) is 0.143. The molecule has 0 aliphatic rings. The summed E-state index contributed by atoms with van der Waals surface area (Å²) in [5, 5.41) is 2.98. The van der Waals surface area contributed by atoms with Crippen molar-refractivity contribution in [1.82, 2.24) is 10.9 Å². The fourth-order valence-corrected chi connectivity index (χ4v) is 2.35. The largest absolute Gasteiger partial charge is 0.469 e. The first-order valence-electron chi connectivity index (χ1n) is 6.42. The minimum absolute atomic E-state index is 0.161. The molecule has 0 aliphatic carbocycles. The number of thiocarbonyl (C=S) groups is 1. The number of furan rings is 1. The SMILES string of the molecule is Cc1occc1C(=O)NNC(=S)Nc1ccc(SC(F)F)cc1. The van der Waals surface area contributed by atoms with Crippen molar-refractivity contribution in [2.45, 2.75) is 17.6 Å². The first-order valence-corrected chi connectivity index (χ1v) is 7.71. The van der Waals surface area contributed by atoms with Crippen LogP contribution in [0.4, 0.5) is 14.5 Å². The van der Waals surface area contributed by atoms with Crippen molar-refractivity contribution in [2.24, 2.45) is 0 Å². The molecule has 1 heterocycles. The van der Waals surface area contributed by atoms with Gasteiger partial charge in [0, 0.05) is 10.6 Å². The molecule has 3 N–H and O–H groups in total. The van der Waals surface area contributed by atoms with Crippen LogP contribution in [0.15, 0.2) is 45.9 Å². The number of hydrogen-bond acceptors (Lipinski definition) is 4. The van der Waals surface area contributed by atoms with Gasteiger partial charge >= 0.3 is 0 Å². The van der Waals surface area contributed by atoms with Gasteiger partial charge in [-0.25, -0.2) is 0 Å². The Bertz CT molecular complexity index is 690. The lowest BCUT2D eigenvalue weighted by Gasteiger charge is -2.11. The zero-order chi connectivity index (χ0) is 16.8. The molecule has 0 unspecified atom stereocenters. The molecule has 2 rings (SSSR count). The summed E-state index contributed by atoms with van der Waals surface area (Å²) >= 11 is 5.50. The highest BCUT2D eigenvalue weighted by Gasteiger charge is 2.11. The lowest BCUT2D eigenvalue weighted by atomic mass is 10.2. The number of benzene rings is 1. The van der Waals surface area contributed by atoms with Crippen LogP contribution in [0.25, 0.3) is 0 Å². The highest BCUT2D eigenvalue weighted by molar-refractivity contribution is 7.99. The first kappa shape index (κ1) is 17.2. The van der Waals surface area contributed by atoms with E-state index in [0.29, 0.717) is 33.7 Å².